The van der Waals surface area contributed by atoms with Crippen molar-refractivity contribution in [2.45, 2.75) is 12.7 Å². The highest BCUT2D eigenvalue weighted by molar-refractivity contribution is 7.95. The molecule has 0 spiro atoms. The predicted octanol–water partition coefficient (Wildman–Crippen LogP) is 6.63. The van der Waals surface area contributed by atoms with Crippen LogP contribution in [-0.2, 0) is 12.7 Å². The molecule has 0 fully saturated rings. The quantitative estimate of drug-likeness (QED) is 0.170. The van der Waals surface area contributed by atoms with E-state index in [1.807, 2.05) is 12.1 Å². The lowest BCUT2D eigenvalue weighted by molar-refractivity contribution is 0.0642. The van der Waals surface area contributed by atoms with E-state index in [0.29, 0.717) is 16.1 Å². The summed E-state index contributed by atoms with van der Waals surface area (Å²) in [6.07, 6.45) is 0.747. The van der Waals surface area contributed by atoms with Crippen molar-refractivity contribution in [2.75, 3.05) is 0 Å². The fraction of sp³-hybridized carbons (Fsp3) is 0.0588. The van der Waals surface area contributed by atoms with E-state index in [1.54, 1.807) is 24.3 Å². The van der Waals surface area contributed by atoms with Crippen LogP contribution in [0.4, 0.5) is 0 Å². The molecule has 2 amide bonds. The highest BCUT2D eigenvalue weighted by Crippen LogP contribution is 2.58. The molecule has 5 aromatic carbocycles. The van der Waals surface area contributed by atoms with Gasteiger partial charge in [0.25, 0.3) is 11.8 Å². The molecule has 0 atom stereocenters. The Morgan fingerprint density at radius 1 is 0.564 bits per heavy atom. The van der Waals surface area contributed by atoms with Crippen LogP contribution in [0.25, 0.3) is 0 Å². The van der Waals surface area contributed by atoms with Gasteiger partial charge in [-0.1, -0.05) is 90.5 Å². The first-order chi connectivity index (χ1) is 19.1. The lowest BCUT2D eigenvalue weighted by Gasteiger charge is -2.28. The van der Waals surface area contributed by atoms with Crippen molar-refractivity contribution in [1.82, 2.24) is 4.90 Å². The Kier molecular flexibility index (Phi) is 6.87. The highest BCUT2D eigenvalue weighted by atomic mass is 35.5. The molecule has 3 nitrogen and oxygen atoms in total. The molecular formula is C34H26ClNO2P+. The second-order valence-electron chi connectivity index (χ2n) is 9.64. The van der Waals surface area contributed by atoms with Gasteiger partial charge in [0.1, 0.15) is 23.2 Å². The fourth-order valence-electron chi connectivity index (χ4n) is 5.41. The zero-order chi connectivity index (χ0) is 26.8. The number of carbonyl (C=O) groups excluding carboxylic acids is 2. The first kappa shape index (κ1) is 25.2. The molecular weight excluding hydrogens is 521 g/mol. The minimum Gasteiger partial charge on any atom is -0.270 e. The van der Waals surface area contributed by atoms with Crippen LogP contribution in [0.5, 0.6) is 0 Å². The Labute approximate surface area is 234 Å². The molecule has 5 aromatic rings. The number of halogens is 1. The van der Waals surface area contributed by atoms with Crippen molar-refractivity contribution >= 4 is 46.6 Å². The Bertz CT molecular complexity index is 1520. The van der Waals surface area contributed by atoms with Crippen molar-refractivity contribution in [3.63, 3.8) is 0 Å². The SMILES string of the molecule is O=C1c2ccccc2C(=O)N1Cc1ccc(C[P+](c2ccccc2)(c2ccccc2)c2ccccc2)c(Cl)c1. The third-order valence-corrected chi connectivity index (χ3v) is 12.0. The number of fused-ring (bicyclic) bond motifs is 1. The van der Waals surface area contributed by atoms with E-state index in [4.69, 9.17) is 11.6 Å². The molecule has 0 saturated heterocycles. The first-order valence-electron chi connectivity index (χ1n) is 12.9. The summed E-state index contributed by atoms with van der Waals surface area (Å²) in [6.45, 7) is 0.183. The third kappa shape index (κ3) is 4.59. The number of hydrogen-bond donors (Lipinski definition) is 0. The number of imide groups is 1. The molecule has 39 heavy (non-hydrogen) atoms. The second-order valence-corrected chi connectivity index (χ2v) is 13.5. The van der Waals surface area contributed by atoms with Gasteiger partial charge in [0.15, 0.2) is 0 Å². The summed E-state index contributed by atoms with van der Waals surface area (Å²) in [5.74, 6) is -0.532. The average molecular weight is 547 g/mol. The van der Waals surface area contributed by atoms with Crippen molar-refractivity contribution in [3.8, 4) is 0 Å². The van der Waals surface area contributed by atoms with Gasteiger partial charge in [-0.15, -0.1) is 0 Å². The van der Waals surface area contributed by atoms with Gasteiger partial charge in [-0.25, -0.2) is 0 Å². The normalized spacial score (nSPS) is 13.0. The van der Waals surface area contributed by atoms with E-state index in [1.165, 1.54) is 20.8 Å². The second kappa shape index (κ2) is 10.6. The van der Waals surface area contributed by atoms with Gasteiger partial charge in [0.05, 0.1) is 23.8 Å². The summed E-state index contributed by atoms with van der Waals surface area (Å²) in [6, 6.07) is 45.0. The Morgan fingerprint density at radius 3 is 1.44 bits per heavy atom. The number of rotatable bonds is 7. The van der Waals surface area contributed by atoms with Gasteiger partial charge in [0.2, 0.25) is 0 Å². The van der Waals surface area contributed by atoms with E-state index < -0.39 is 7.26 Å². The number of amides is 2. The van der Waals surface area contributed by atoms with Gasteiger partial charge in [-0.05, 0) is 60.2 Å². The van der Waals surface area contributed by atoms with Gasteiger partial charge in [-0.2, -0.15) is 0 Å². The summed E-state index contributed by atoms with van der Waals surface area (Å²) in [5.41, 5.74) is 2.76. The summed E-state index contributed by atoms with van der Waals surface area (Å²) < 4.78 is 0. The summed E-state index contributed by atoms with van der Waals surface area (Å²) >= 11 is 6.97. The van der Waals surface area contributed by atoms with Gasteiger partial charge >= 0.3 is 0 Å². The smallest absolute Gasteiger partial charge is 0.261 e. The zero-order valence-electron chi connectivity index (χ0n) is 21.2. The molecule has 0 radical (unpaired) electrons. The van der Waals surface area contributed by atoms with Crippen molar-refractivity contribution < 1.29 is 9.59 Å². The summed E-state index contributed by atoms with van der Waals surface area (Å²) in [4.78, 5) is 27.1. The molecule has 1 aliphatic rings. The van der Waals surface area contributed by atoms with E-state index in [2.05, 4.69) is 97.1 Å². The van der Waals surface area contributed by atoms with Crippen LogP contribution in [0.2, 0.25) is 5.02 Å². The highest BCUT2D eigenvalue weighted by Gasteiger charge is 2.45. The molecule has 1 heterocycles. The minimum absolute atomic E-state index is 0.183. The maximum atomic E-state index is 12.9. The maximum absolute atomic E-state index is 12.9. The standard InChI is InChI=1S/C34H26ClNO2P/c35-32-22-25(23-36-33(37)30-18-10-11-19-31(30)34(36)38)20-21-26(32)24-39(27-12-4-1-5-13-27,28-14-6-2-7-15-28)29-16-8-3-9-17-29/h1-22H,23-24H2/q+1. The molecule has 1 aliphatic heterocycles. The topological polar surface area (TPSA) is 37.4 Å². The molecule has 6 rings (SSSR count). The maximum Gasteiger partial charge on any atom is 0.261 e. The Morgan fingerprint density at radius 2 is 1.00 bits per heavy atom. The largest absolute Gasteiger partial charge is 0.270 e. The molecule has 0 aliphatic carbocycles. The van der Waals surface area contributed by atoms with E-state index in [9.17, 15) is 9.59 Å². The van der Waals surface area contributed by atoms with Crippen LogP contribution in [0.3, 0.4) is 0 Å². The first-order valence-corrected chi connectivity index (χ1v) is 15.2. The van der Waals surface area contributed by atoms with Crippen LogP contribution in [0, 0.1) is 0 Å². The van der Waals surface area contributed by atoms with E-state index in [0.717, 1.165) is 17.3 Å². The number of benzene rings is 5. The Balaban J connectivity index is 1.39. The lowest BCUT2D eigenvalue weighted by atomic mass is 10.1. The average Bonchev–Trinajstić information content (AvgIpc) is 3.23. The number of hydrogen-bond acceptors (Lipinski definition) is 2. The van der Waals surface area contributed by atoms with Crippen molar-refractivity contribution in [3.05, 3.63) is 161 Å². The van der Waals surface area contributed by atoms with Gasteiger partial charge in [-0.3, -0.25) is 14.5 Å². The third-order valence-electron chi connectivity index (χ3n) is 7.33. The zero-order valence-corrected chi connectivity index (χ0v) is 22.9. The number of carbonyl (C=O) groups is 2. The molecule has 0 unspecified atom stereocenters. The van der Waals surface area contributed by atoms with Crippen LogP contribution >= 0.6 is 18.9 Å². The van der Waals surface area contributed by atoms with Crippen LogP contribution in [0.15, 0.2) is 133 Å². The van der Waals surface area contributed by atoms with Crippen LogP contribution in [0.1, 0.15) is 31.8 Å². The van der Waals surface area contributed by atoms with Gasteiger partial charge in [0, 0.05) is 10.6 Å². The Hall–Kier alpha value is -4.04. The van der Waals surface area contributed by atoms with Crippen molar-refractivity contribution in [2.24, 2.45) is 0 Å². The molecule has 0 saturated carbocycles. The van der Waals surface area contributed by atoms with E-state index in [-0.39, 0.29) is 18.4 Å². The van der Waals surface area contributed by atoms with Crippen LogP contribution in [-0.4, -0.2) is 16.7 Å². The lowest BCUT2D eigenvalue weighted by Crippen LogP contribution is -2.32. The van der Waals surface area contributed by atoms with E-state index >= 15 is 0 Å². The number of nitrogens with zero attached hydrogens (tertiary/aromatic N) is 1. The molecule has 0 bridgehead atoms. The molecule has 190 valence electrons. The van der Waals surface area contributed by atoms with Crippen LogP contribution < -0.4 is 15.9 Å². The van der Waals surface area contributed by atoms with Crippen molar-refractivity contribution in [1.29, 1.82) is 0 Å². The summed E-state index contributed by atoms with van der Waals surface area (Å²) in [7, 11) is -2.11. The summed E-state index contributed by atoms with van der Waals surface area (Å²) in [5, 5.41) is 4.49. The minimum atomic E-state index is -2.11. The fourth-order valence-corrected chi connectivity index (χ4v) is 10.0. The molecule has 5 heteroatoms. The molecule has 0 aromatic heterocycles. The predicted molar refractivity (Wildman–Crippen MR) is 161 cm³/mol. The molecule has 0 N–H and O–H groups in total. The van der Waals surface area contributed by atoms with Gasteiger partial charge < -0.3 is 0 Å². The monoisotopic (exact) mass is 546 g/mol.